The van der Waals surface area contributed by atoms with Crippen molar-refractivity contribution in [1.82, 2.24) is 15.6 Å². The lowest BCUT2D eigenvalue weighted by Crippen LogP contribution is -2.36. The standard InChI is InChI=1S/C21H20FN5O.HI/c1-2-24-21(25-12-17-9-8-15(11-23)10-19(17)22)26-13-18-14-28-20(27-18)16-6-4-3-5-7-16;/h3-10,14H,2,12-13H2,1H3,(H2,24,25,26);1H. The van der Waals surface area contributed by atoms with Gasteiger partial charge in [-0.15, -0.1) is 24.0 Å². The number of oxazole rings is 1. The highest BCUT2D eigenvalue weighted by Gasteiger charge is 2.08. The number of hydrogen-bond donors (Lipinski definition) is 2. The van der Waals surface area contributed by atoms with Crippen LogP contribution in [0.3, 0.4) is 0 Å². The van der Waals surface area contributed by atoms with Gasteiger partial charge < -0.3 is 15.1 Å². The van der Waals surface area contributed by atoms with Crippen LogP contribution < -0.4 is 10.6 Å². The highest BCUT2D eigenvalue weighted by Crippen LogP contribution is 2.17. The SMILES string of the molecule is CCNC(=NCc1ccc(C#N)cc1F)NCc1coc(-c2ccccc2)n1.I. The highest BCUT2D eigenvalue weighted by molar-refractivity contribution is 14.0. The fraction of sp³-hybridized carbons (Fsp3) is 0.190. The number of hydrogen-bond acceptors (Lipinski definition) is 4. The number of aromatic nitrogens is 1. The highest BCUT2D eigenvalue weighted by atomic mass is 127. The van der Waals surface area contributed by atoms with Crippen LogP contribution in [0.1, 0.15) is 23.7 Å². The van der Waals surface area contributed by atoms with Gasteiger partial charge >= 0.3 is 0 Å². The van der Waals surface area contributed by atoms with E-state index in [4.69, 9.17) is 9.68 Å². The van der Waals surface area contributed by atoms with Gasteiger partial charge in [0.15, 0.2) is 5.96 Å². The Hall–Kier alpha value is -2.93. The third-order valence-corrected chi connectivity index (χ3v) is 3.94. The van der Waals surface area contributed by atoms with E-state index in [-0.39, 0.29) is 36.1 Å². The molecule has 1 heterocycles. The van der Waals surface area contributed by atoms with E-state index in [2.05, 4.69) is 20.6 Å². The summed E-state index contributed by atoms with van der Waals surface area (Å²) in [4.78, 5) is 8.85. The molecule has 0 saturated heterocycles. The van der Waals surface area contributed by atoms with E-state index < -0.39 is 5.82 Å². The van der Waals surface area contributed by atoms with Crippen molar-refractivity contribution < 1.29 is 8.81 Å². The lowest BCUT2D eigenvalue weighted by molar-refractivity contribution is 0.572. The van der Waals surface area contributed by atoms with Crippen molar-refractivity contribution >= 4 is 29.9 Å². The molecule has 150 valence electrons. The van der Waals surface area contributed by atoms with Gasteiger partial charge in [-0.05, 0) is 31.2 Å². The molecule has 2 N–H and O–H groups in total. The van der Waals surface area contributed by atoms with Crippen molar-refractivity contribution in [3.8, 4) is 17.5 Å². The van der Waals surface area contributed by atoms with Gasteiger partial charge in [0.05, 0.1) is 30.4 Å². The normalized spacial score (nSPS) is 10.7. The maximum absolute atomic E-state index is 14.0. The lowest BCUT2D eigenvalue weighted by Gasteiger charge is -2.10. The molecule has 0 aliphatic heterocycles. The smallest absolute Gasteiger partial charge is 0.226 e. The Bertz CT molecular complexity index is 998. The van der Waals surface area contributed by atoms with Gasteiger partial charge in [-0.2, -0.15) is 5.26 Å². The number of rotatable bonds is 6. The van der Waals surface area contributed by atoms with Crippen molar-refractivity contribution in [2.24, 2.45) is 4.99 Å². The minimum atomic E-state index is -0.442. The number of guanidine groups is 1. The van der Waals surface area contributed by atoms with E-state index in [0.29, 0.717) is 30.5 Å². The molecule has 29 heavy (non-hydrogen) atoms. The molecule has 0 radical (unpaired) electrons. The van der Waals surface area contributed by atoms with Crippen molar-refractivity contribution in [2.45, 2.75) is 20.0 Å². The van der Waals surface area contributed by atoms with Crippen LogP contribution in [-0.4, -0.2) is 17.5 Å². The molecule has 0 spiro atoms. The van der Waals surface area contributed by atoms with E-state index in [0.717, 1.165) is 11.3 Å². The molecule has 0 bridgehead atoms. The first-order valence-electron chi connectivity index (χ1n) is 8.90. The Morgan fingerprint density at radius 2 is 2.00 bits per heavy atom. The van der Waals surface area contributed by atoms with Gasteiger partial charge in [-0.25, -0.2) is 14.4 Å². The Balaban J connectivity index is 0.00000300. The van der Waals surface area contributed by atoms with Gasteiger partial charge in [-0.3, -0.25) is 0 Å². The molecule has 0 unspecified atom stereocenters. The van der Waals surface area contributed by atoms with E-state index >= 15 is 0 Å². The molecule has 0 saturated carbocycles. The molecule has 0 atom stereocenters. The summed E-state index contributed by atoms with van der Waals surface area (Å²) < 4.78 is 19.5. The lowest BCUT2D eigenvalue weighted by atomic mass is 10.1. The predicted octanol–water partition coefficient (Wildman–Crippen LogP) is 4.23. The maximum atomic E-state index is 14.0. The van der Waals surface area contributed by atoms with Crippen LogP contribution in [0.25, 0.3) is 11.5 Å². The van der Waals surface area contributed by atoms with Crippen LogP contribution in [0.15, 0.2) is 64.2 Å². The summed E-state index contributed by atoms with van der Waals surface area (Å²) in [7, 11) is 0. The molecular weight excluding hydrogens is 484 g/mol. The minimum Gasteiger partial charge on any atom is -0.444 e. The van der Waals surface area contributed by atoms with Crippen LogP contribution in [-0.2, 0) is 13.1 Å². The first-order valence-corrected chi connectivity index (χ1v) is 8.90. The van der Waals surface area contributed by atoms with Crippen molar-refractivity contribution in [3.05, 3.63) is 77.4 Å². The quantitative estimate of drug-likeness (QED) is 0.298. The number of benzene rings is 2. The zero-order valence-corrected chi connectivity index (χ0v) is 18.2. The molecule has 3 rings (SSSR count). The summed E-state index contributed by atoms with van der Waals surface area (Å²) in [6.45, 7) is 3.18. The van der Waals surface area contributed by atoms with E-state index in [1.54, 1.807) is 18.4 Å². The third-order valence-electron chi connectivity index (χ3n) is 3.94. The number of aliphatic imine (C=N–C) groups is 1. The van der Waals surface area contributed by atoms with Crippen LogP contribution in [0.5, 0.6) is 0 Å². The Labute approximate surface area is 185 Å². The summed E-state index contributed by atoms with van der Waals surface area (Å²) in [6.07, 6.45) is 1.60. The van der Waals surface area contributed by atoms with Crippen LogP contribution >= 0.6 is 24.0 Å². The van der Waals surface area contributed by atoms with Gasteiger partial charge in [0.1, 0.15) is 12.1 Å². The average Bonchev–Trinajstić information content (AvgIpc) is 3.20. The van der Waals surface area contributed by atoms with Crippen molar-refractivity contribution in [2.75, 3.05) is 6.54 Å². The largest absolute Gasteiger partial charge is 0.444 e. The monoisotopic (exact) mass is 505 g/mol. The first-order chi connectivity index (χ1) is 13.7. The van der Waals surface area contributed by atoms with Gasteiger partial charge in [0.2, 0.25) is 5.89 Å². The van der Waals surface area contributed by atoms with Gasteiger partial charge in [0, 0.05) is 17.7 Å². The van der Waals surface area contributed by atoms with Crippen LogP contribution in [0.2, 0.25) is 0 Å². The number of halogens is 2. The van der Waals surface area contributed by atoms with Crippen molar-refractivity contribution in [1.29, 1.82) is 5.26 Å². The maximum Gasteiger partial charge on any atom is 0.226 e. The fourth-order valence-electron chi connectivity index (χ4n) is 2.53. The molecule has 0 amide bonds. The first kappa shape index (κ1) is 22.4. The van der Waals surface area contributed by atoms with E-state index in [1.165, 1.54) is 6.07 Å². The molecule has 2 aromatic carbocycles. The second kappa shape index (κ2) is 11.2. The molecule has 6 nitrogen and oxygen atoms in total. The van der Waals surface area contributed by atoms with E-state index in [1.807, 2.05) is 43.3 Å². The number of nitriles is 1. The molecule has 0 fully saturated rings. The average molecular weight is 505 g/mol. The molecule has 1 aromatic heterocycles. The summed E-state index contributed by atoms with van der Waals surface area (Å²) in [5.74, 6) is 0.650. The Kier molecular flexibility index (Phi) is 8.61. The molecule has 0 aliphatic carbocycles. The van der Waals surface area contributed by atoms with Gasteiger partial charge in [0.25, 0.3) is 0 Å². The van der Waals surface area contributed by atoms with Crippen LogP contribution in [0, 0.1) is 17.1 Å². The second-order valence-corrected chi connectivity index (χ2v) is 5.98. The molecular formula is C21H21FIN5O. The van der Waals surface area contributed by atoms with Crippen molar-refractivity contribution in [3.63, 3.8) is 0 Å². The molecule has 3 aromatic rings. The fourth-order valence-corrected chi connectivity index (χ4v) is 2.53. The Morgan fingerprint density at radius 1 is 1.21 bits per heavy atom. The number of nitrogens with zero attached hydrogens (tertiary/aromatic N) is 3. The predicted molar refractivity (Wildman–Crippen MR) is 120 cm³/mol. The molecule has 8 heteroatoms. The Morgan fingerprint density at radius 3 is 2.69 bits per heavy atom. The third kappa shape index (κ3) is 6.29. The summed E-state index contributed by atoms with van der Waals surface area (Å²) in [6, 6.07) is 15.9. The zero-order valence-electron chi connectivity index (χ0n) is 15.9. The minimum absolute atomic E-state index is 0. The molecule has 0 aliphatic rings. The second-order valence-electron chi connectivity index (χ2n) is 5.98. The zero-order chi connectivity index (χ0) is 19.8. The summed E-state index contributed by atoms with van der Waals surface area (Å²) in [5.41, 5.74) is 2.35. The summed E-state index contributed by atoms with van der Waals surface area (Å²) in [5, 5.41) is 15.1. The van der Waals surface area contributed by atoms with E-state index in [9.17, 15) is 4.39 Å². The van der Waals surface area contributed by atoms with Crippen LogP contribution in [0.4, 0.5) is 4.39 Å². The number of nitrogens with one attached hydrogen (secondary N) is 2. The topological polar surface area (TPSA) is 86.2 Å². The van der Waals surface area contributed by atoms with Gasteiger partial charge in [-0.1, -0.05) is 24.3 Å². The summed E-state index contributed by atoms with van der Waals surface area (Å²) >= 11 is 0.